The van der Waals surface area contributed by atoms with E-state index >= 15 is 0 Å². The first kappa shape index (κ1) is 16.7. The topological polar surface area (TPSA) is 41.1 Å². The van der Waals surface area contributed by atoms with E-state index in [-0.39, 0.29) is 11.0 Å². The summed E-state index contributed by atoms with van der Waals surface area (Å²) in [6, 6.07) is 14.6. The minimum atomic E-state index is -0.301. The molecule has 6 heteroatoms. The third-order valence-corrected chi connectivity index (χ3v) is 3.62. The highest BCUT2D eigenvalue weighted by Gasteiger charge is 2.01. The van der Waals surface area contributed by atoms with Crippen LogP contribution in [0, 0.1) is 0 Å². The van der Waals surface area contributed by atoms with Crippen LogP contribution >= 0.6 is 39.7 Å². The lowest BCUT2D eigenvalue weighted by Crippen LogP contribution is -2.32. The first-order valence-electron chi connectivity index (χ1n) is 6.34. The Morgan fingerprint density at radius 1 is 1.09 bits per heavy atom. The van der Waals surface area contributed by atoms with Crippen molar-refractivity contribution in [3.8, 4) is 0 Å². The molecule has 0 spiro atoms. The lowest BCUT2D eigenvalue weighted by atomic mass is 10.2. The van der Waals surface area contributed by atoms with Crippen molar-refractivity contribution < 1.29 is 4.79 Å². The fourth-order valence-electron chi connectivity index (χ4n) is 1.59. The average molecular weight is 396 g/mol. The quantitative estimate of drug-likeness (QED) is 0.588. The van der Waals surface area contributed by atoms with E-state index in [1.54, 1.807) is 18.2 Å². The Balaban J connectivity index is 1.87. The number of hydrogen-bond donors (Lipinski definition) is 2. The molecule has 1 amide bonds. The monoisotopic (exact) mass is 394 g/mol. The maximum absolute atomic E-state index is 11.8. The number of amides is 1. The van der Waals surface area contributed by atoms with Crippen molar-refractivity contribution in [2.24, 2.45) is 0 Å². The summed E-state index contributed by atoms with van der Waals surface area (Å²) in [5.41, 5.74) is 1.68. The van der Waals surface area contributed by atoms with Gasteiger partial charge in [0.15, 0.2) is 5.11 Å². The molecule has 0 fully saturated rings. The molecule has 112 valence electrons. The van der Waals surface area contributed by atoms with Gasteiger partial charge < -0.3 is 5.32 Å². The lowest BCUT2D eigenvalue weighted by Gasteiger charge is -2.07. The molecule has 0 aliphatic heterocycles. The number of halogens is 2. The van der Waals surface area contributed by atoms with Gasteiger partial charge in [-0.2, -0.15) is 0 Å². The number of hydrogen-bond acceptors (Lipinski definition) is 2. The van der Waals surface area contributed by atoms with Gasteiger partial charge in [-0.15, -0.1) is 0 Å². The lowest BCUT2D eigenvalue weighted by molar-refractivity contribution is -0.115. The molecule has 0 saturated heterocycles. The van der Waals surface area contributed by atoms with Gasteiger partial charge in [0, 0.05) is 21.3 Å². The standard InChI is InChI=1S/C16H12BrClN2OS/c17-12-4-8-14(9-5-12)19-16(22)20-15(21)10-3-11-1-6-13(18)7-2-11/h1-10H,(H2,19,20,21,22)/b10-3+. The van der Waals surface area contributed by atoms with Crippen LogP contribution in [0.25, 0.3) is 6.08 Å². The zero-order valence-electron chi connectivity index (χ0n) is 11.3. The van der Waals surface area contributed by atoms with Crippen molar-refractivity contribution >= 4 is 62.5 Å². The molecule has 0 unspecified atom stereocenters. The molecule has 2 N–H and O–H groups in total. The van der Waals surface area contributed by atoms with Crippen LogP contribution in [0.4, 0.5) is 5.69 Å². The maximum atomic E-state index is 11.8. The zero-order valence-corrected chi connectivity index (χ0v) is 14.5. The summed E-state index contributed by atoms with van der Waals surface area (Å²) in [5.74, 6) is -0.301. The van der Waals surface area contributed by atoms with Crippen LogP contribution in [0.2, 0.25) is 5.02 Å². The second-order valence-corrected chi connectivity index (χ2v) is 6.10. The number of benzene rings is 2. The number of nitrogens with one attached hydrogen (secondary N) is 2. The fourth-order valence-corrected chi connectivity index (χ4v) is 2.20. The largest absolute Gasteiger partial charge is 0.332 e. The predicted molar refractivity (Wildman–Crippen MR) is 99.0 cm³/mol. The summed E-state index contributed by atoms with van der Waals surface area (Å²) < 4.78 is 0.971. The van der Waals surface area contributed by atoms with E-state index in [1.165, 1.54) is 6.08 Å². The summed E-state index contributed by atoms with van der Waals surface area (Å²) >= 11 is 14.2. The van der Waals surface area contributed by atoms with E-state index in [4.69, 9.17) is 23.8 Å². The van der Waals surface area contributed by atoms with Gasteiger partial charge in [0.1, 0.15) is 0 Å². The van der Waals surface area contributed by atoms with E-state index in [0.717, 1.165) is 15.7 Å². The Morgan fingerprint density at radius 3 is 2.36 bits per heavy atom. The van der Waals surface area contributed by atoms with Crippen molar-refractivity contribution in [1.29, 1.82) is 0 Å². The first-order chi connectivity index (χ1) is 10.5. The van der Waals surface area contributed by atoms with Crippen LogP contribution in [-0.2, 0) is 4.79 Å². The van der Waals surface area contributed by atoms with Crippen LogP contribution in [0.1, 0.15) is 5.56 Å². The molecule has 0 aromatic heterocycles. The van der Waals surface area contributed by atoms with Crippen molar-refractivity contribution in [1.82, 2.24) is 5.32 Å². The second kappa shape index (κ2) is 8.08. The zero-order chi connectivity index (χ0) is 15.9. The second-order valence-electron chi connectivity index (χ2n) is 4.34. The Bertz CT molecular complexity index is 699. The highest BCUT2D eigenvalue weighted by atomic mass is 79.9. The van der Waals surface area contributed by atoms with E-state index in [0.29, 0.717) is 5.02 Å². The Hall–Kier alpha value is -1.69. The number of carbonyl (C=O) groups excluding carboxylic acids is 1. The molecule has 0 heterocycles. The van der Waals surface area contributed by atoms with Gasteiger partial charge in [-0.25, -0.2) is 0 Å². The summed E-state index contributed by atoms with van der Waals surface area (Å²) in [6.07, 6.45) is 3.10. The van der Waals surface area contributed by atoms with Gasteiger partial charge in [0.05, 0.1) is 0 Å². The molecule has 2 aromatic carbocycles. The molecule has 0 bridgehead atoms. The Labute approximate surface area is 147 Å². The number of rotatable bonds is 3. The minimum Gasteiger partial charge on any atom is -0.332 e. The van der Waals surface area contributed by atoms with E-state index in [2.05, 4.69) is 26.6 Å². The van der Waals surface area contributed by atoms with E-state index < -0.39 is 0 Å². The van der Waals surface area contributed by atoms with Crippen molar-refractivity contribution in [3.05, 3.63) is 69.7 Å². The molecular formula is C16H12BrClN2OS. The van der Waals surface area contributed by atoms with Crippen molar-refractivity contribution in [2.45, 2.75) is 0 Å². The first-order valence-corrected chi connectivity index (χ1v) is 7.92. The number of carbonyl (C=O) groups is 1. The van der Waals surface area contributed by atoms with Crippen LogP contribution in [0.5, 0.6) is 0 Å². The van der Waals surface area contributed by atoms with Gasteiger partial charge in [0.25, 0.3) is 0 Å². The molecule has 0 saturated carbocycles. The fraction of sp³-hybridized carbons (Fsp3) is 0. The highest BCUT2D eigenvalue weighted by Crippen LogP contribution is 2.14. The molecule has 2 aromatic rings. The van der Waals surface area contributed by atoms with Gasteiger partial charge in [0.2, 0.25) is 5.91 Å². The van der Waals surface area contributed by atoms with Crippen LogP contribution < -0.4 is 10.6 Å². The van der Waals surface area contributed by atoms with E-state index in [9.17, 15) is 4.79 Å². The molecule has 0 atom stereocenters. The normalized spacial score (nSPS) is 10.5. The van der Waals surface area contributed by atoms with Gasteiger partial charge in [-0.3, -0.25) is 10.1 Å². The van der Waals surface area contributed by atoms with Crippen LogP contribution in [0.15, 0.2) is 59.1 Å². The Kier molecular flexibility index (Phi) is 6.12. The summed E-state index contributed by atoms with van der Waals surface area (Å²) in [7, 11) is 0. The molecule has 2 rings (SSSR count). The molecule has 3 nitrogen and oxygen atoms in total. The maximum Gasteiger partial charge on any atom is 0.250 e. The highest BCUT2D eigenvalue weighted by molar-refractivity contribution is 9.10. The third-order valence-electron chi connectivity index (χ3n) is 2.64. The van der Waals surface area contributed by atoms with Crippen LogP contribution in [0.3, 0.4) is 0 Å². The molecule has 0 aliphatic rings. The van der Waals surface area contributed by atoms with Gasteiger partial charge in [-0.1, -0.05) is 39.7 Å². The SMILES string of the molecule is O=C(/C=C/c1ccc(Cl)cc1)NC(=S)Nc1ccc(Br)cc1. The minimum absolute atomic E-state index is 0.244. The molecule has 0 radical (unpaired) electrons. The molecule has 0 aliphatic carbocycles. The van der Waals surface area contributed by atoms with Gasteiger partial charge in [-0.05, 0) is 60.3 Å². The van der Waals surface area contributed by atoms with Crippen LogP contribution in [-0.4, -0.2) is 11.0 Å². The number of thiocarbonyl (C=S) groups is 1. The number of anilines is 1. The average Bonchev–Trinajstić information content (AvgIpc) is 2.49. The smallest absolute Gasteiger partial charge is 0.250 e. The van der Waals surface area contributed by atoms with Gasteiger partial charge >= 0.3 is 0 Å². The van der Waals surface area contributed by atoms with Crippen molar-refractivity contribution in [2.75, 3.05) is 5.32 Å². The molecule has 22 heavy (non-hydrogen) atoms. The Morgan fingerprint density at radius 2 is 1.73 bits per heavy atom. The summed E-state index contributed by atoms with van der Waals surface area (Å²) in [6.45, 7) is 0. The summed E-state index contributed by atoms with van der Waals surface area (Å²) in [4.78, 5) is 11.8. The molecular weight excluding hydrogens is 384 g/mol. The third kappa shape index (κ3) is 5.60. The summed E-state index contributed by atoms with van der Waals surface area (Å²) in [5, 5.41) is 6.41. The predicted octanol–water partition coefficient (Wildman–Crippen LogP) is 4.63. The van der Waals surface area contributed by atoms with Crippen molar-refractivity contribution in [3.63, 3.8) is 0 Å². The van der Waals surface area contributed by atoms with E-state index in [1.807, 2.05) is 36.4 Å².